The molecule has 0 amide bonds. The van der Waals surface area contributed by atoms with Gasteiger partial charge in [0.25, 0.3) is 0 Å². The number of carbonyl (C=O) groups excluding carboxylic acids is 1. The van der Waals surface area contributed by atoms with Crippen molar-refractivity contribution >= 4 is 26.9 Å². The normalized spacial score (nSPS) is 19.8. The standard InChI is InChI=1S/C35H36N2O5S/c1-2-18-35(19-17-24-9-4-3-5-10-24)23-29(38)31(33(39)42-35)34(20-21-34)22-26-11-6-7-13-27(26)28-16-15-25-12-8-14-30(32(25)37-28)43(36,40)41/h3-16,38H,2,17-23H2,1H3,(H2,36,40,41). The van der Waals surface area contributed by atoms with Gasteiger partial charge in [0.15, 0.2) is 0 Å². The van der Waals surface area contributed by atoms with Crippen molar-refractivity contribution < 1.29 is 23.1 Å². The maximum absolute atomic E-state index is 13.7. The van der Waals surface area contributed by atoms with E-state index in [-0.39, 0.29) is 10.7 Å². The van der Waals surface area contributed by atoms with Crippen molar-refractivity contribution in [3.8, 4) is 11.3 Å². The van der Waals surface area contributed by atoms with Crippen LogP contribution in [0.4, 0.5) is 0 Å². The maximum atomic E-state index is 13.7. The molecule has 1 atom stereocenters. The fourth-order valence-electron chi connectivity index (χ4n) is 6.65. The number of sulfonamides is 1. The molecule has 2 aliphatic rings. The summed E-state index contributed by atoms with van der Waals surface area (Å²) < 4.78 is 30.8. The van der Waals surface area contributed by atoms with Gasteiger partial charge < -0.3 is 9.84 Å². The van der Waals surface area contributed by atoms with E-state index < -0.39 is 27.0 Å². The Kier molecular flexibility index (Phi) is 7.60. The van der Waals surface area contributed by atoms with Crippen LogP contribution in [0.25, 0.3) is 22.2 Å². The molecule has 8 heteroatoms. The molecule has 4 aromatic rings. The van der Waals surface area contributed by atoms with E-state index in [4.69, 9.17) is 14.9 Å². The summed E-state index contributed by atoms with van der Waals surface area (Å²) in [5, 5.41) is 17.6. The SMILES string of the molecule is CCCC1(CCc2ccccc2)CC(O)=C(C2(Cc3ccccc3-c3ccc4cccc(S(N)(=O)=O)c4n3)CC2)C(=O)O1. The van der Waals surface area contributed by atoms with Crippen molar-refractivity contribution in [1.82, 2.24) is 4.98 Å². The third kappa shape index (κ3) is 5.82. The van der Waals surface area contributed by atoms with Crippen molar-refractivity contribution in [2.45, 2.75) is 68.8 Å². The lowest BCUT2D eigenvalue weighted by Gasteiger charge is -2.39. The number of nitrogens with two attached hydrogens (primary N) is 1. The van der Waals surface area contributed by atoms with Crippen molar-refractivity contribution in [2.24, 2.45) is 10.6 Å². The van der Waals surface area contributed by atoms with Gasteiger partial charge >= 0.3 is 5.97 Å². The van der Waals surface area contributed by atoms with Crippen LogP contribution in [0.2, 0.25) is 0 Å². The zero-order chi connectivity index (χ0) is 30.2. The number of primary sulfonamides is 1. The predicted molar refractivity (Wildman–Crippen MR) is 167 cm³/mol. The van der Waals surface area contributed by atoms with Gasteiger partial charge in [-0.2, -0.15) is 0 Å². The highest BCUT2D eigenvalue weighted by Gasteiger charge is 2.55. The summed E-state index contributed by atoms with van der Waals surface area (Å²) in [4.78, 5) is 18.4. The minimum absolute atomic E-state index is 0.0224. The molecule has 0 bridgehead atoms. The van der Waals surface area contributed by atoms with E-state index in [1.54, 1.807) is 12.1 Å². The number of rotatable bonds is 10. The number of aliphatic hydroxyl groups is 1. The third-order valence-electron chi connectivity index (χ3n) is 8.91. The molecule has 6 rings (SSSR count). The molecular weight excluding hydrogens is 560 g/mol. The van der Waals surface area contributed by atoms with Crippen LogP contribution in [0.3, 0.4) is 0 Å². The van der Waals surface area contributed by atoms with Crippen LogP contribution < -0.4 is 5.14 Å². The van der Waals surface area contributed by atoms with Crippen molar-refractivity contribution in [3.05, 3.63) is 107 Å². The Morgan fingerprint density at radius 3 is 2.37 bits per heavy atom. The van der Waals surface area contributed by atoms with Gasteiger partial charge in [-0.15, -0.1) is 0 Å². The Hall–Kier alpha value is -4.01. The highest BCUT2D eigenvalue weighted by Crippen LogP contribution is 2.58. The van der Waals surface area contributed by atoms with Crippen LogP contribution in [0.15, 0.2) is 101 Å². The van der Waals surface area contributed by atoms with Gasteiger partial charge in [-0.25, -0.2) is 23.3 Å². The zero-order valence-electron chi connectivity index (χ0n) is 24.3. The van der Waals surface area contributed by atoms with Crippen molar-refractivity contribution in [1.29, 1.82) is 0 Å². The number of ether oxygens (including phenoxy) is 1. The number of pyridine rings is 1. The molecule has 7 nitrogen and oxygen atoms in total. The molecule has 3 aromatic carbocycles. The van der Waals surface area contributed by atoms with E-state index in [0.717, 1.165) is 36.8 Å². The molecule has 1 aliphatic heterocycles. The quantitative estimate of drug-likeness (QED) is 0.194. The highest BCUT2D eigenvalue weighted by molar-refractivity contribution is 7.89. The van der Waals surface area contributed by atoms with Crippen molar-refractivity contribution in [2.75, 3.05) is 0 Å². The van der Waals surface area contributed by atoms with Gasteiger partial charge in [-0.3, -0.25) is 0 Å². The van der Waals surface area contributed by atoms with E-state index in [1.807, 2.05) is 54.6 Å². The summed E-state index contributed by atoms with van der Waals surface area (Å²) in [6, 6.07) is 26.5. The first-order valence-corrected chi connectivity index (χ1v) is 16.4. The number of nitrogens with zero attached hydrogens (tertiary/aromatic N) is 1. The first-order valence-electron chi connectivity index (χ1n) is 14.8. The number of carbonyl (C=O) groups is 1. The maximum Gasteiger partial charge on any atom is 0.338 e. The van der Waals surface area contributed by atoms with E-state index >= 15 is 0 Å². The fraction of sp³-hybridized carbons (Fsp3) is 0.314. The smallest absolute Gasteiger partial charge is 0.338 e. The van der Waals surface area contributed by atoms with Crippen LogP contribution in [0.5, 0.6) is 0 Å². The van der Waals surface area contributed by atoms with Gasteiger partial charge in [0.2, 0.25) is 10.0 Å². The third-order valence-corrected chi connectivity index (χ3v) is 9.85. The molecule has 1 unspecified atom stereocenters. The van der Waals surface area contributed by atoms with Crippen LogP contribution in [-0.2, 0) is 32.4 Å². The number of cyclic esters (lactones) is 1. The molecule has 0 radical (unpaired) electrons. The number of aromatic nitrogens is 1. The number of benzene rings is 3. The second-order valence-corrected chi connectivity index (χ2v) is 13.5. The number of hydrogen-bond donors (Lipinski definition) is 2. The molecule has 1 saturated carbocycles. The van der Waals surface area contributed by atoms with Gasteiger partial charge in [0.05, 0.1) is 16.8 Å². The average Bonchev–Trinajstić information content (AvgIpc) is 3.75. The second-order valence-electron chi connectivity index (χ2n) is 12.0. The average molecular weight is 597 g/mol. The first-order chi connectivity index (χ1) is 20.6. The van der Waals surface area contributed by atoms with Gasteiger partial charge in [-0.05, 0) is 61.8 Å². The Bertz CT molecular complexity index is 1830. The lowest BCUT2D eigenvalue weighted by Crippen LogP contribution is -2.42. The molecule has 2 heterocycles. The van der Waals surface area contributed by atoms with E-state index in [9.17, 15) is 18.3 Å². The Morgan fingerprint density at radius 2 is 1.67 bits per heavy atom. The summed E-state index contributed by atoms with van der Waals surface area (Å²) in [6.07, 6.45) is 5.32. The molecule has 1 aromatic heterocycles. The largest absolute Gasteiger partial charge is 0.512 e. The molecule has 43 heavy (non-hydrogen) atoms. The van der Waals surface area contributed by atoms with Gasteiger partial charge in [-0.1, -0.05) is 86.1 Å². The first kappa shape index (κ1) is 29.1. The molecule has 1 aliphatic carbocycles. The zero-order valence-corrected chi connectivity index (χ0v) is 25.1. The van der Waals surface area contributed by atoms with Gasteiger partial charge in [0.1, 0.15) is 16.3 Å². The Balaban J connectivity index is 1.31. The summed E-state index contributed by atoms with van der Waals surface area (Å²) in [6.45, 7) is 2.07. The summed E-state index contributed by atoms with van der Waals surface area (Å²) in [5.41, 5.74) is 3.07. The van der Waals surface area contributed by atoms with Crippen LogP contribution >= 0.6 is 0 Å². The van der Waals surface area contributed by atoms with Crippen LogP contribution in [0.1, 0.15) is 56.6 Å². The molecular formula is C35H36N2O5S. The number of para-hydroxylation sites is 1. The second kappa shape index (κ2) is 11.2. The Labute approximate surface area is 252 Å². The van der Waals surface area contributed by atoms with Crippen LogP contribution in [0, 0.1) is 5.41 Å². The molecule has 0 saturated heterocycles. The number of aliphatic hydroxyl groups excluding tert-OH is 1. The minimum atomic E-state index is -3.97. The molecule has 0 spiro atoms. The molecule has 222 valence electrons. The molecule has 3 N–H and O–H groups in total. The number of esters is 1. The summed E-state index contributed by atoms with van der Waals surface area (Å²) in [7, 11) is -3.97. The lowest BCUT2D eigenvalue weighted by molar-refractivity contribution is -0.161. The number of hydrogen-bond acceptors (Lipinski definition) is 6. The predicted octanol–water partition coefficient (Wildman–Crippen LogP) is 6.80. The number of aryl methyl sites for hydroxylation is 1. The minimum Gasteiger partial charge on any atom is -0.512 e. The highest BCUT2D eigenvalue weighted by atomic mass is 32.2. The number of fused-ring (bicyclic) bond motifs is 1. The van der Waals surface area contributed by atoms with Gasteiger partial charge in [0, 0.05) is 22.8 Å². The topological polar surface area (TPSA) is 120 Å². The Morgan fingerprint density at radius 1 is 0.930 bits per heavy atom. The van der Waals surface area contributed by atoms with E-state index in [2.05, 4.69) is 19.1 Å². The molecule has 1 fully saturated rings. The van der Waals surface area contributed by atoms with E-state index in [0.29, 0.717) is 47.9 Å². The van der Waals surface area contributed by atoms with E-state index in [1.165, 1.54) is 11.6 Å². The summed E-state index contributed by atoms with van der Waals surface area (Å²) in [5.74, 6) is -0.267. The summed E-state index contributed by atoms with van der Waals surface area (Å²) >= 11 is 0. The van der Waals surface area contributed by atoms with Crippen LogP contribution in [-0.4, -0.2) is 30.1 Å². The fourth-order valence-corrected chi connectivity index (χ4v) is 7.35. The monoisotopic (exact) mass is 596 g/mol. The lowest BCUT2D eigenvalue weighted by atomic mass is 9.79. The van der Waals surface area contributed by atoms with Crippen molar-refractivity contribution in [3.63, 3.8) is 0 Å².